The fraction of sp³-hybridized carbons (Fsp3) is 0.316. The number of fused-ring (bicyclic) bond motifs is 1. The van der Waals surface area contributed by atoms with Crippen LogP contribution < -0.4 is 11.2 Å². The minimum Gasteiger partial charge on any atom is -0.459 e. The zero-order chi connectivity index (χ0) is 21.6. The highest BCUT2D eigenvalue weighted by atomic mass is 32.2. The third kappa shape index (κ3) is 3.15. The number of aryl methyl sites for hydroxylation is 1. The zero-order valence-electron chi connectivity index (χ0n) is 16.4. The van der Waals surface area contributed by atoms with E-state index in [0.29, 0.717) is 5.52 Å². The molecule has 0 saturated carbocycles. The topological polar surface area (TPSA) is 115 Å². The lowest BCUT2D eigenvalue weighted by atomic mass is 10.2. The van der Waals surface area contributed by atoms with Crippen LogP contribution in [0.25, 0.3) is 10.9 Å². The number of carbonyl (C=O) groups is 1. The van der Waals surface area contributed by atoms with E-state index in [1.165, 1.54) is 52.3 Å². The average molecular weight is 432 g/mol. The summed E-state index contributed by atoms with van der Waals surface area (Å²) < 4.78 is 34.9. The largest absolute Gasteiger partial charge is 0.459 e. The second-order valence-corrected chi connectivity index (χ2v) is 9.00. The highest BCUT2D eigenvalue weighted by Crippen LogP contribution is 2.21. The molecule has 1 aliphatic heterocycles. The first-order chi connectivity index (χ1) is 14.2. The Morgan fingerprint density at radius 1 is 1.00 bits per heavy atom. The zero-order valence-corrected chi connectivity index (χ0v) is 17.3. The molecule has 30 heavy (non-hydrogen) atoms. The summed E-state index contributed by atoms with van der Waals surface area (Å²) in [6.45, 7) is 0.696. The van der Waals surface area contributed by atoms with Crippen molar-refractivity contribution in [2.45, 2.75) is 4.90 Å². The Hall–Kier alpha value is -3.18. The monoisotopic (exact) mass is 432 g/mol. The second kappa shape index (κ2) is 7.26. The van der Waals surface area contributed by atoms with Crippen molar-refractivity contribution in [2.75, 3.05) is 26.2 Å². The molecule has 158 valence electrons. The van der Waals surface area contributed by atoms with Crippen LogP contribution in [-0.2, 0) is 24.1 Å². The fourth-order valence-electron chi connectivity index (χ4n) is 3.57. The van der Waals surface area contributed by atoms with Crippen LogP contribution in [0.2, 0.25) is 0 Å². The molecule has 1 saturated heterocycles. The molecule has 0 unspecified atom stereocenters. The molecular formula is C19H20N4O6S. The SMILES string of the molecule is Cn1c(=O)c2cc(S(=O)(=O)N3CCN(C(=O)c4ccco4)CC3)ccc2n(C)c1=O. The normalized spacial score (nSPS) is 15.6. The van der Waals surface area contributed by atoms with Crippen molar-refractivity contribution in [3.8, 4) is 0 Å². The first-order valence-corrected chi connectivity index (χ1v) is 10.7. The summed E-state index contributed by atoms with van der Waals surface area (Å²) in [7, 11) is -1.00. The molecule has 1 fully saturated rings. The molecule has 0 bridgehead atoms. The van der Waals surface area contributed by atoms with Gasteiger partial charge in [-0.3, -0.25) is 18.7 Å². The van der Waals surface area contributed by atoms with Gasteiger partial charge in [-0.05, 0) is 30.3 Å². The lowest BCUT2D eigenvalue weighted by Gasteiger charge is -2.33. The summed E-state index contributed by atoms with van der Waals surface area (Å²) >= 11 is 0. The maximum absolute atomic E-state index is 13.1. The van der Waals surface area contributed by atoms with E-state index in [1.807, 2.05) is 0 Å². The van der Waals surface area contributed by atoms with E-state index in [9.17, 15) is 22.8 Å². The Morgan fingerprint density at radius 2 is 1.70 bits per heavy atom. The molecule has 4 rings (SSSR count). The van der Waals surface area contributed by atoms with E-state index in [1.54, 1.807) is 12.1 Å². The van der Waals surface area contributed by atoms with Gasteiger partial charge in [0.15, 0.2) is 5.76 Å². The van der Waals surface area contributed by atoms with Crippen molar-refractivity contribution in [3.63, 3.8) is 0 Å². The van der Waals surface area contributed by atoms with Crippen LogP contribution in [0.15, 0.2) is 55.5 Å². The van der Waals surface area contributed by atoms with E-state index in [0.717, 1.165) is 4.57 Å². The lowest BCUT2D eigenvalue weighted by Crippen LogP contribution is -2.50. The van der Waals surface area contributed by atoms with Crippen molar-refractivity contribution in [2.24, 2.45) is 14.1 Å². The number of hydrogen-bond donors (Lipinski definition) is 0. The molecule has 1 aliphatic rings. The third-order valence-electron chi connectivity index (χ3n) is 5.33. The molecule has 3 heterocycles. The summed E-state index contributed by atoms with van der Waals surface area (Å²) in [6.07, 6.45) is 1.41. The molecule has 0 spiro atoms. The van der Waals surface area contributed by atoms with Gasteiger partial charge < -0.3 is 9.32 Å². The summed E-state index contributed by atoms with van der Waals surface area (Å²) in [4.78, 5) is 38.4. The van der Waals surface area contributed by atoms with Crippen LogP contribution in [0.5, 0.6) is 0 Å². The minimum absolute atomic E-state index is 0.0310. The van der Waals surface area contributed by atoms with Gasteiger partial charge in [-0.1, -0.05) is 0 Å². The van der Waals surface area contributed by atoms with E-state index in [-0.39, 0.29) is 48.1 Å². The van der Waals surface area contributed by atoms with Crippen LogP contribution in [-0.4, -0.2) is 58.8 Å². The quantitative estimate of drug-likeness (QED) is 0.574. The van der Waals surface area contributed by atoms with Gasteiger partial charge in [-0.25, -0.2) is 13.2 Å². The van der Waals surface area contributed by atoms with E-state index < -0.39 is 21.3 Å². The van der Waals surface area contributed by atoms with Gasteiger partial charge in [0, 0.05) is 40.3 Å². The Morgan fingerprint density at radius 3 is 2.33 bits per heavy atom. The summed E-state index contributed by atoms with van der Waals surface area (Å²) in [6, 6.07) is 7.33. The molecule has 0 aliphatic carbocycles. The molecular weight excluding hydrogens is 412 g/mol. The Kier molecular flexibility index (Phi) is 4.86. The molecule has 1 aromatic carbocycles. The summed E-state index contributed by atoms with van der Waals surface area (Å²) in [5.41, 5.74) is -0.685. The first kappa shape index (κ1) is 20.1. The van der Waals surface area contributed by atoms with Crippen LogP contribution in [0.3, 0.4) is 0 Å². The van der Waals surface area contributed by atoms with E-state index in [4.69, 9.17) is 4.42 Å². The smallest absolute Gasteiger partial charge is 0.330 e. The number of benzene rings is 1. The number of carbonyl (C=O) groups excluding carboxylic acids is 1. The Labute approximate surface area is 171 Å². The van der Waals surface area contributed by atoms with Crippen LogP contribution >= 0.6 is 0 Å². The molecule has 1 amide bonds. The Balaban J connectivity index is 1.61. The maximum Gasteiger partial charge on any atom is 0.330 e. The van der Waals surface area contributed by atoms with Crippen molar-refractivity contribution < 1.29 is 17.6 Å². The molecule has 11 heteroatoms. The van der Waals surface area contributed by atoms with Crippen molar-refractivity contribution in [3.05, 3.63) is 63.2 Å². The molecule has 0 N–H and O–H groups in total. The maximum atomic E-state index is 13.1. The number of amides is 1. The number of aromatic nitrogens is 2. The number of nitrogens with zero attached hydrogens (tertiary/aromatic N) is 4. The molecule has 0 radical (unpaired) electrons. The van der Waals surface area contributed by atoms with Crippen molar-refractivity contribution in [1.29, 1.82) is 0 Å². The van der Waals surface area contributed by atoms with Crippen molar-refractivity contribution >= 4 is 26.8 Å². The van der Waals surface area contributed by atoms with Gasteiger partial charge in [0.2, 0.25) is 10.0 Å². The number of sulfonamides is 1. The van der Waals surface area contributed by atoms with Crippen LogP contribution in [0.4, 0.5) is 0 Å². The third-order valence-corrected chi connectivity index (χ3v) is 7.23. The second-order valence-electron chi connectivity index (χ2n) is 7.06. The van der Waals surface area contributed by atoms with Crippen LogP contribution in [0.1, 0.15) is 10.6 Å². The minimum atomic E-state index is -3.87. The number of piperazine rings is 1. The van der Waals surface area contributed by atoms with Gasteiger partial charge in [0.1, 0.15) is 0 Å². The predicted octanol–water partition coefficient (Wildman–Crippen LogP) is -0.0231. The summed E-state index contributed by atoms with van der Waals surface area (Å²) in [5.74, 6) is -0.0746. The highest BCUT2D eigenvalue weighted by molar-refractivity contribution is 7.89. The molecule has 0 atom stereocenters. The van der Waals surface area contributed by atoms with E-state index >= 15 is 0 Å². The molecule has 2 aromatic heterocycles. The number of hydrogen-bond acceptors (Lipinski definition) is 6. The Bertz CT molecular complexity index is 1350. The van der Waals surface area contributed by atoms with Crippen molar-refractivity contribution in [1.82, 2.24) is 18.3 Å². The highest BCUT2D eigenvalue weighted by Gasteiger charge is 2.31. The van der Waals surface area contributed by atoms with Gasteiger partial charge in [0.05, 0.1) is 22.1 Å². The van der Waals surface area contributed by atoms with Gasteiger partial charge in [-0.15, -0.1) is 0 Å². The molecule has 3 aromatic rings. The number of rotatable bonds is 3. The standard InChI is InChI=1S/C19H20N4O6S/c1-20-15-6-5-13(12-14(15)17(24)21(2)19(20)26)30(27,28)23-9-7-22(8-10-23)18(25)16-4-3-11-29-16/h3-6,11-12H,7-10H2,1-2H3. The lowest BCUT2D eigenvalue weighted by molar-refractivity contribution is 0.0666. The first-order valence-electron chi connectivity index (χ1n) is 9.24. The summed E-state index contributed by atoms with van der Waals surface area (Å²) in [5, 5.41) is 0.146. The van der Waals surface area contributed by atoms with Gasteiger partial charge in [0.25, 0.3) is 11.5 Å². The average Bonchev–Trinajstić information content (AvgIpc) is 3.30. The molecule has 10 nitrogen and oxygen atoms in total. The number of furan rings is 1. The van der Waals surface area contributed by atoms with Crippen LogP contribution in [0, 0.1) is 0 Å². The van der Waals surface area contributed by atoms with Gasteiger partial charge in [-0.2, -0.15) is 4.31 Å². The van der Waals surface area contributed by atoms with E-state index in [2.05, 4.69) is 0 Å². The fourth-order valence-corrected chi connectivity index (χ4v) is 5.02. The van der Waals surface area contributed by atoms with Gasteiger partial charge >= 0.3 is 5.69 Å². The predicted molar refractivity (Wildman–Crippen MR) is 108 cm³/mol.